The van der Waals surface area contributed by atoms with Gasteiger partial charge in [0, 0.05) is 6.08 Å². The van der Waals surface area contributed by atoms with Crippen molar-refractivity contribution >= 4 is 0 Å². The van der Waals surface area contributed by atoms with Crippen molar-refractivity contribution in [3.8, 4) is 0 Å². The summed E-state index contributed by atoms with van der Waals surface area (Å²) in [7, 11) is 0. The summed E-state index contributed by atoms with van der Waals surface area (Å²) in [4.78, 5) is 4.29. The van der Waals surface area contributed by atoms with Gasteiger partial charge in [-0.05, 0) is 0 Å². The average Bonchev–Trinajstić information content (AvgIpc) is 1.64. The molecule has 0 fully saturated rings. The molecule has 0 saturated heterocycles. The van der Waals surface area contributed by atoms with Gasteiger partial charge in [-0.3, -0.25) is 0 Å². The van der Waals surface area contributed by atoms with Gasteiger partial charge in [-0.25, -0.2) is 0 Å². The lowest BCUT2D eigenvalue weighted by Crippen LogP contribution is -3.01. The molecule has 0 radical (unpaired) electrons. The maximum Gasteiger partial charge on any atom is 0.179 e. The Balaban J connectivity index is 2.63. The first-order valence-electron chi connectivity index (χ1n) is 2.07. The third-order valence-electron chi connectivity index (χ3n) is 0.689. The Kier molecular flexibility index (Phi) is 1.19. The summed E-state index contributed by atoms with van der Waals surface area (Å²) in [6, 6.07) is 0. The molecule has 0 aliphatic carbocycles. The van der Waals surface area contributed by atoms with Gasteiger partial charge in [0.25, 0.3) is 0 Å². The van der Waals surface area contributed by atoms with Crippen molar-refractivity contribution < 1.29 is 15.2 Å². The zero-order valence-corrected chi connectivity index (χ0v) is 4.00. The molecule has 8 heavy (non-hydrogen) atoms. The van der Waals surface area contributed by atoms with E-state index in [1.165, 1.54) is 6.08 Å². The van der Waals surface area contributed by atoms with Crippen LogP contribution in [0.3, 0.4) is 0 Å². The molecule has 1 heterocycles. The van der Waals surface area contributed by atoms with Gasteiger partial charge >= 0.3 is 0 Å². The molecule has 0 aromatic rings. The van der Waals surface area contributed by atoms with Crippen LogP contribution in [0.4, 0.5) is 0 Å². The van der Waals surface area contributed by atoms with Crippen LogP contribution in [-0.2, 0) is 4.84 Å². The van der Waals surface area contributed by atoms with Crippen LogP contribution >= 0.6 is 0 Å². The molecule has 44 valence electrons. The van der Waals surface area contributed by atoms with Crippen LogP contribution in [0.1, 0.15) is 0 Å². The number of rotatable bonds is 0. The van der Waals surface area contributed by atoms with Crippen molar-refractivity contribution in [2.24, 2.45) is 0 Å². The molecule has 0 bridgehead atoms. The van der Waals surface area contributed by atoms with Crippen LogP contribution in [0.5, 0.6) is 0 Å². The minimum atomic E-state index is -0.537. The maximum absolute atomic E-state index is 10.2. The second-order valence-corrected chi connectivity index (χ2v) is 1.31. The van der Waals surface area contributed by atoms with Crippen LogP contribution in [0, 0.1) is 5.21 Å². The lowest BCUT2D eigenvalue weighted by atomic mass is 10.5. The zero-order chi connectivity index (χ0) is 5.98. The Morgan fingerprint density at radius 3 is 2.88 bits per heavy atom. The smallest absolute Gasteiger partial charge is 0.179 e. The number of hydrogen-bond donors (Lipinski definition) is 2. The van der Waals surface area contributed by atoms with Gasteiger partial charge in [0.15, 0.2) is 18.2 Å². The zero-order valence-electron chi connectivity index (χ0n) is 4.00. The molecule has 4 nitrogen and oxygen atoms in total. The quantitative estimate of drug-likeness (QED) is 0.407. The van der Waals surface area contributed by atoms with E-state index in [1.807, 2.05) is 0 Å². The largest absolute Gasteiger partial charge is 0.586 e. The summed E-state index contributed by atoms with van der Waals surface area (Å²) in [6.45, 7) is 0. The normalized spacial score (nSPS) is 26.6. The monoisotopic (exact) mass is 115 g/mol. The fraction of sp³-hybridized carbons (Fsp3) is 0. The second kappa shape index (κ2) is 1.85. The topological polar surface area (TPSA) is 57.0 Å². The molecule has 1 unspecified atom stereocenters. The highest BCUT2D eigenvalue weighted by Gasteiger charge is 1.98. The number of quaternary nitrogens is 1. The molecule has 0 aromatic carbocycles. The molecule has 0 aromatic heterocycles. The summed E-state index contributed by atoms with van der Waals surface area (Å²) in [5.74, 6) is -0.0683. The third kappa shape index (κ3) is 0.988. The first kappa shape index (κ1) is 5.14. The number of hydrogen-bond acceptors (Lipinski definition) is 3. The first-order valence-corrected chi connectivity index (χ1v) is 2.07. The predicted molar refractivity (Wildman–Crippen MR) is 25.3 cm³/mol. The van der Waals surface area contributed by atoms with Crippen LogP contribution in [0.15, 0.2) is 24.3 Å². The van der Waals surface area contributed by atoms with E-state index in [-0.39, 0.29) is 5.76 Å². The van der Waals surface area contributed by atoms with E-state index < -0.39 is 5.23 Å². The molecular weight excluding hydrogens is 110 g/mol. The van der Waals surface area contributed by atoms with Gasteiger partial charge in [-0.1, -0.05) is 0 Å². The van der Waals surface area contributed by atoms with Crippen LogP contribution in [-0.4, -0.2) is 5.11 Å². The van der Waals surface area contributed by atoms with Crippen molar-refractivity contribution in [2.75, 3.05) is 0 Å². The Labute approximate surface area is 45.8 Å². The Morgan fingerprint density at radius 1 is 1.75 bits per heavy atom. The Bertz CT molecular complexity index is 140. The van der Waals surface area contributed by atoms with Gasteiger partial charge < -0.3 is 15.2 Å². The van der Waals surface area contributed by atoms with E-state index in [0.717, 1.165) is 12.5 Å². The summed E-state index contributed by atoms with van der Waals surface area (Å²) in [5.41, 5.74) is 0. The number of nitrogens with one attached hydrogen (secondary N) is 1. The van der Waals surface area contributed by atoms with Crippen molar-refractivity contribution in [1.29, 1.82) is 0 Å². The van der Waals surface area contributed by atoms with Gasteiger partial charge in [0.05, 0.1) is 0 Å². The lowest BCUT2D eigenvalue weighted by Gasteiger charge is -2.15. The summed E-state index contributed by atoms with van der Waals surface area (Å²) < 4.78 is 0. The van der Waals surface area contributed by atoms with E-state index in [0.29, 0.717) is 0 Å². The average molecular weight is 115 g/mol. The minimum Gasteiger partial charge on any atom is -0.586 e. The maximum atomic E-state index is 10.2. The van der Waals surface area contributed by atoms with Crippen molar-refractivity contribution in [3.63, 3.8) is 0 Å². The molecule has 0 spiro atoms. The Hall–Kier alpha value is -1.00. The minimum absolute atomic E-state index is 0.0683. The molecule has 1 aliphatic rings. The lowest BCUT2D eigenvalue weighted by molar-refractivity contribution is -0.998. The van der Waals surface area contributed by atoms with Crippen molar-refractivity contribution in [2.45, 2.75) is 0 Å². The van der Waals surface area contributed by atoms with E-state index in [9.17, 15) is 5.21 Å². The van der Waals surface area contributed by atoms with Crippen LogP contribution < -0.4 is 5.23 Å². The number of aliphatic hydroxyl groups excluding tert-OH is 1. The Morgan fingerprint density at radius 2 is 2.50 bits per heavy atom. The van der Waals surface area contributed by atoms with Gasteiger partial charge in [-0.15, -0.1) is 0 Å². The van der Waals surface area contributed by atoms with E-state index in [1.54, 1.807) is 0 Å². The molecule has 0 saturated carbocycles. The molecule has 4 heteroatoms. The molecular formula is C4H5NO3. The predicted octanol–water partition coefficient (Wildman–Crippen LogP) is -0.773. The van der Waals surface area contributed by atoms with Crippen molar-refractivity contribution in [1.82, 2.24) is 0 Å². The van der Waals surface area contributed by atoms with Crippen LogP contribution in [0.25, 0.3) is 0 Å². The first-order chi connectivity index (χ1) is 3.79. The molecule has 0 amide bonds. The fourth-order valence-corrected chi connectivity index (χ4v) is 0.374. The highest BCUT2D eigenvalue weighted by molar-refractivity contribution is 5.05. The van der Waals surface area contributed by atoms with E-state index in [4.69, 9.17) is 5.11 Å². The number of hydroxylamine groups is 2. The number of aliphatic hydroxyl groups is 1. The standard InChI is InChI=1S/C4H5NO3/c6-4-1-2-8-5(7)3-4/h1-3,5-6H. The van der Waals surface area contributed by atoms with Gasteiger partial charge in [-0.2, -0.15) is 5.23 Å². The fourth-order valence-electron chi connectivity index (χ4n) is 0.374. The number of allylic oxidation sites excluding steroid dienone is 1. The van der Waals surface area contributed by atoms with E-state index in [2.05, 4.69) is 4.84 Å². The summed E-state index contributed by atoms with van der Waals surface area (Å²) in [5, 5.41) is 18.2. The molecule has 1 rings (SSSR count). The highest BCUT2D eigenvalue weighted by atomic mass is 16.9. The van der Waals surface area contributed by atoms with Crippen LogP contribution in [0.2, 0.25) is 0 Å². The van der Waals surface area contributed by atoms with Crippen molar-refractivity contribution in [3.05, 3.63) is 29.5 Å². The molecule has 1 atom stereocenters. The molecule has 1 aliphatic heterocycles. The summed E-state index contributed by atoms with van der Waals surface area (Å²) in [6.07, 6.45) is 3.43. The van der Waals surface area contributed by atoms with E-state index >= 15 is 0 Å². The SMILES string of the molecule is [O-][NH+]1C=C(O)C=CO1. The second-order valence-electron chi connectivity index (χ2n) is 1.31. The molecule has 2 N–H and O–H groups in total. The van der Waals surface area contributed by atoms with Gasteiger partial charge in [0.2, 0.25) is 0 Å². The summed E-state index contributed by atoms with van der Waals surface area (Å²) >= 11 is 0. The third-order valence-corrected chi connectivity index (χ3v) is 0.689. The highest BCUT2D eigenvalue weighted by Crippen LogP contribution is 1.88. The van der Waals surface area contributed by atoms with Gasteiger partial charge in [0.1, 0.15) is 0 Å².